The molecule has 1 rings (SSSR count). The number of aromatic nitrogens is 2. The Hall–Kier alpha value is -1.65. The molecule has 5 heteroatoms. The van der Waals surface area contributed by atoms with Crippen molar-refractivity contribution < 1.29 is 9.90 Å². The molecule has 0 aliphatic carbocycles. The number of carboxylic acids is 1. The standard InChI is InChI=1S/C14H23N3O2/c1-11(2)7-5-3-4-6-9-15-13-12(14(18)19)8-10-16-17-13/h8,10-11H,3-7,9H2,1-2H3,(H,15,17)(H,18,19). The highest BCUT2D eigenvalue weighted by Crippen LogP contribution is 2.12. The molecule has 0 bridgehead atoms. The summed E-state index contributed by atoms with van der Waals surface area (Å²) in [7, 11) is 0. The molecule has 0 saturated carbocycles. The molecule has 1 heterocycles. The smallest absolute Gasteiger partial charge is 0.339 e. The summed E-state index contributed by atoms with van der Waals surface area (Å²) in [5.74, 6) is 0.155. The van der Waals surface area contributed by atoms with E-state index in [9.17, 15) is 4.79 Å². The maximum absolute atomic E-state index is 11.0. The molecule has 1 aromatic rings. The molecule has 0 amide bonds. The fourth-order valence-corrected chi connectivity index (χ4v) is 1.87. The van der Waals surface area contributed by atoms with Crippen LogP contribution < -0.4 is 5.32 Å². The fourth-order valence-electron chi connectivity index (χ4n) is 1.87. The molecular weight excluding hydrogens is 242 g/mol. The van der Waals surface area contributed by atoms with Crippen molar-refractivity contribution in [3.8, 4) is 0 Å². The molecule has 2 N–H and O–H groups in total. The summed E-state index contributed by atoms with van der Waals surface area (Å²) in [5, 5.41) is 19.5. The van der Waals surface area contributed by atoms with Gasteiger partial charge in [-0.15, -0.1) is 5.10 Å². The highest BCUT2D eigenvalue weighted by Gasteiger charge is 2.10. The average molecular weight is 265 g/mol. The van der Waals surface area contributed by atoms with E-state index in [0.29, 0.717) is 5.82 Å². The minimum absolute atomic E-state index is 0.176. The van der Waals surface area contributed by atoms with Gasteiger partial charge in [0.1, 0.15) is 5.56 Å². The molecule has 106 valence electrons. The highest BCUT2D eigenvalue weighted by atomic mass is 16.4. The van der Waals surface area contributed by atoms with Crippen LogP contribution in [0.3, 0.4) is 0 Å². The summed E-state index contributed by atoms with van der Waals surface area (Å²) in [6.07, 6.45) is 7.34. The van der Waals surface area contributed by atoms with Gasteiger partial charge in [-0.05, 0) is 18.4 Å². The second-order valence-electron chi connectivity index (χ2n) is 5.12. The molecule has 0 spiro atoms. The third kappa shape index (κ3) is 6.18. The summed E-state index contributed by atoms with van der Waals surface area (Å²) in [4.78, 5) is 11.0. The van der Waals surface area contributed by atoms with Gasteiger partial charge in [0.05, 0.1) is 6.20 Å². The first-order chi connectivity index (χ1) is 9.11. The zero-order valence-corrected chi connectivity index (χ0v) is 11.7. The Morgan fingerprint density at radius 1 is 1.32 bits per heavy atom. The highest BCUT2D eigenvalue weighted by molar-refractivity contribution is 5.92. The predicted octanol–water partition coefficient (Wildman–Crippen LogP) is 3.19. The van der Waals surface area contributed by atoms with Crippen LogP contribution in [0.2, 0.25) is 0 Å². The number of hydrogen-bond acceptors (Lipinski definition) is 4. The lowest BCUT2D eigenvalue weighted by Crippen LogP contribution is -2.10. The van der Waals surface area contributed by atoms with Gasteiger partial charge >= 0.3 is 5.97 Å². The Morgan fingerprint density at radius 2 is 2.05 bits per heavy atom. The van der Waals surface area contributed by atoms with Crippen LogP contribution >= 0.6 is 0 Å². The largest absolute Gasteiger partial charge is 0.478 e. The van der Waals surface area contributed by atoms with Crippen molar-refractivity contribution in [3.63, 3.8) is 0 Å². The van der Waals surface area contributed by atoms with E-state index in [1.165, 1.54) is 31.5 Å². The minimum Gasteiger partial charge on any atom is -0.478 e. The minimum atomic E-state index is -0.977. The molecular formula is C14H23N3O2. The third-order valence-corrected chi connectivity index (χ3v) is 2.95. The fraction of sp³-hybridized carbons (Fsp3) is 0.643. The van der Waals surface area contributed by atoms with E-state index in [1.807, 2.05) is 0 Å². The Labute approximate surface area is 114 Å². The van der Waals surface area contributed by atoms with Crippen molar-refractivity contribution in [2.45, 2.75) is 46.0 Å². The van der Waals surface area contributed by atoms with Gasteiger partial charge in [0.2, 0.25) is 0 Å². The maximum atomic E-state index is 11.0. The topological polar surface area (TPSA) is 75.1 Å². The second kappa shape index (κ2) is 8.45. The van der Waals surface area contributed by atoms with Crippen LogP contribution in [0.5, 0.6) is 0 Å². The van der Waals surface area contributed by atoms with Crippen molar-refractivity contribution in [1.82, 2.24) is 10.2 Å². The Bertz CT molecular complexity index is 394. The molecule has 0 aromatic carbocycles. The Morgan fingerprint density at radius 3 is 2.74 bits per heavy atom. The van der Waals surface area contributed by atoms with E-state index in [-0.39, 0.29) is 5.56 Å². The summed E-state index contributed by atoms with van der Waals surface area (Å²) in [6, 6.07) is 1.46. The van der Waals surface area contributed by atoms with Crippen LogP contribution in [-0.2, 0) is 0 Å². The van der Waals surface area contributed by atoms with Gasteiger partial charge < -0.3 is 10.4 Å². The summed E-state index contributed by atoms with van der Waals surface area (Å²) in [6.45, 7) is 5.22. The van der Waals surface area contributed by atoms with Gasteiger partial charge in [0.25, 0.3) is 0 Å². The Kier molecular flexibility index (Phi) is 6.85. The number of rotatable bonds is 9. The SMILES string of the molecule is CC(C)CCCCCCNc1nnccc1C(=O)O. The Balaban J connectivity index is 2.21. The molecule has 0 radical (unpaired) electrons. The monoisotopic (exact) mass is 265 g/mol. The van der Waals surface area contributed by atoms with Gasteiger partial charge in [0, 0.05) is 6.54 Å². The van der Waals surface area contributed by atoms with Gasteiger partial charge in [0.15, 0.2) is 5.82 Å². The summed E-state index contributed by atoms with van der Waals surface area (Å²) in [5.41, 5.74) is 0.176. The van der Waals surface area contributed by atoms with Crippen molar-refractivity contribution in [1.29, 1.82) is 0 Å². The third-order valence-electron chi connectivity index (χ3n) is 2.95. The van der Waals surface area contributed by atoms with Gasteiger partial charge in [-0.2, -0.15) is 5.10 Å². The number of unbranched alkanes of at least 4 members (excludes halogenated alkanes) is 3. The lowest BCUT2D eigenvalue weighted by molar-refractivity contribution is 0.0697. The van der Waals surface area contributed by atoms with Crippen LogP contribution in [-0.4, -0.2) is 27.8 Å². The number of carbonyl (C=O) groups is 1. The molecule has 0 atom stereocenters. The van der Waals surface area contributed by atoms with Gasteiger partial charge in [-0.3, -0.25) is 0 Å². The molecule has 0 fully saturated rings. The molecule has 1 aromatic heterocycles. The van der Waals surface area contributed by atoms with Crippen LogP contribution in [0.15, 0.2) is 12.3 Å². The molecule has 0 aliphatic rings. The number of nitrogens with zero attached hydrogens (tertiary/aromatic N) is 2. The predicted molar refractivity (Wildman–Crippen MR) is 75.4 cm³/mol. The van der Waals surface area contributed by atoms with E-state index >= 15 is 0 Å². The van der Waals surface area contributed by atoms with E-state index in [2.05, 4.69) is 29.4 Å². The van der Waals surface area contributed by atoms with E-state index in [1.54, 1.807) is 0 Å². The first kappa shape index (κ1) is 15.4. The summed E-state index contributed by atoms with van der Waals surface area (Å²) >= 11 is 0. The quantitative estimate of drug-likeness (QED) is 0.671. The van der Waals surface area contributed by atoms with Crippen molar-refractivity contribution in [2.75, 3.05) is 11.9 Å². The number of aromatic carboxylic acids is 1. The van der Waals surface area contributed by atoms with Crippen LogP contribution in [0.25, 0.3) is 0 Å². The van der Waals surface area contributed by atoms with Crippen molar-refractivity contribution in [2.24, 2.45) is 5.92 Å². The second-order valence-corrected chi connectivity index (χ2v) is 5.12. The van der Waals surface area contributed by atoms with Crippen LogP contribution in [0.4, 0.5) is 5.82 Å². The number of carboxylic acid groups (broad SMARTS) is 1. The van der Waals surface area contributed by atoms with Gasteiger partial charge in [-0.1, -0.05) is 39.5 Å². The number of hydrogen-bond donors (Lipinski definition) is 2. The van der Waals surface area contributed by atoms with E-state index < -0.39 is 5.97 Å². The molecule has 19 heavy (non-hydrogen) atoms. The zero-order valence-electron chi connectivity index (χ0n) is 11.7. The lowest BCUT2D eigenvalue weighted by Gasteiger charge is -2.07. The molecule has 0 aliphatic heterocycles. The molecule has 0 saturated heterocycles. The van der Waals surface area contributed by atoms with Crippen LogP contribution in [0, 0.1) is 5.92 Å². The lowest BCUT2D eigenvalue weighted by atomic mass is 10.0. The number of anilines is 1. The zero-order chi connectivity index (χ0) is 14.1. The van der Waals surface area contributed by atoms with Crippen molar-refractivity contribution >= 4 is 11.8 Å². The number of nitrogens with one attached hydrogen (secondary N) is 1. The normalized spacial score (nSPS) is 10.7. The first-order valence-electron chi connectivity index (χ1n) is 6.90. The molecule has 0 unspecified atom stereocenters. The average Bonchev–Trinajstić information content (AvgIpc) is 2.37. The van der Waals surface area contributed by atoms with E-state index in [0.717, 1.165) is 25.3 Å². The van der Waals surface area contributed by atoms with E-state index in [4.69, 9.17) is 5.11 Å². The van der Waals surface area contributed by atoms with Crippen molar-refractivity contribution in [3.05, 3.63) is 17.8 Å². The maximum Gasteiger partial charge on any atom is 0.339 e. The van der Waals surface area contributed by atoms with Crippen LogP contribution in [0.1, 0.15) is 56.3 Å². The summed E-state index contributed by atoms with van der Waals surface area (Å²) < 4.78 is 0. The van der Waals surface area contributed by atoms with Gasteiger partial charge in [-0.25, -0.2) is 4.79 Å². The first-order valence-corrected chi connectivity index (χ1v) is 6.90. The molecule has 5 nitrogen and oxygen atoms in total.